The first-order valence-corrected chi connectivity index (χ1v) is 6.69. The molecule has 1 unspecified atom stereocenters. The number of hydrogen-bond acceptors (Lipinski definition) is 2. The lowest BCUT2D eigenvalue weighted by molar-refractivity contribution is -0.139. The van der Waals surface area contributed by atoms with Crippen LogP contribution < -0.4 is 0 Å². The molecule has 1 N–H and O–H groups in total. The summed E-state index contributed by atoms with van der Waals surface area (Å²) >= 11 is 0. The third-order valence-corrected chi connectivity index (χ3v) is 3.36. The SMILES string of the molecule is CN(C)CCC(C(=O)O)c1ccc(-n2cccc2)cc1. The van der Waals surface area contributed by atoms with Crippen LogP contribution >= 0.6 is 0 Å². The first kappa shape index (κ1) is 14.3. The summed E-state index contributed by atoms with van der Waals surface area (Å²) in [6.07, 6.45) is 4.55. The lowest BCUT2D eigenvalue weighted by Gasteiger charge is -2.16. The summed E-state index contributed by atoms with van der Waals surface area (Å²) in [5, 5.41) is 9.37. The molecule has 2 rings (SSSR count). The van der Waals surface area contributed by atoms with Crippen molar-refractivity contribution in [1.82, 2.24) is 9.47 Å². The normalized spacial score (nSPS) is 12.6. The minimum atomic E-state index is -0.763. The van der Waals surface area contributed by atoms with E-state index in [9.17, 15) is 9.90 Å². The number of rotatable bonds is 6. The van der Waals surface area contributed by atoms with Gasteiger partial charge in [0.1, 0.15) is 0 Å². The second kappa shape index (κ2) is 6.39. The standard InChI is InChI=1S/C16H20N2O2/c1-17(2)12-9-15(16(19)20)13-5-7-14(8-6-13)18-10-3-4-11-18/h3-8,10-11,15H,9,12H2,1-2H3,(H,19,20). The van der Waals surface area contributed by atoms with Crippen molar-refractivity contribution in [3.63, 3.8) is 0 Å². The number of hydrogen-bond donors (Lipinski definition) is 1. The van der Waals surface area contributed by atoms with E-state index in [4.69, 9.17) is 0 Å². The summed E-state index contributed by atoms with van der Waals surface area (Å²) < 4.78 is 2.00. The molecule has 0 saturated carbocycles. The Kier molecular flexibility index (Phi) is 4.58. The smallest absolute Gasteiger partial charge is 0.311 e. The topological polar surface area (TPSA) is 45.5 Å². The van der Waals surface area contributed by atoms with Crippen LogP contribution in [0.1, 0.15) is 17.9 Å². The summed E-state index contributed by atoms with van der Waals surface area (Å²) in [6, 6.07) is 11.7. The summed E-state index contributed by atoms with van der Waals surface area (Å²) in [5.41, 5.74) is 1.89. The highest BCUT2D eigenvalue weighted by Gasteiger charge is 2.19. The molecular weight excluding hydrogens is 252 g/mol. The molecule has 20 heavy (non-hydrogen) atoms. The maximum atomic E-state index is 11.4. The molecule has 0 spiro atoms. The van der Waals surface area contributed by atoms with Crippen LogP contribution in [0.25, 0.3) is 5.69 Å². The van der Waals surface area contributed by atoms with Gasteiger partial charge in [-0.25, -0.2) is 0 Å². The molecular formula is C16H20N2O2. The van der Waals surface area contributed by atoms with E-state index in [1.807, 2.05) is 72.4 Å². The zero-order valence-electron chi connectivity index (χ0n) is 11.9. The van der Waals surface area contributed by atoms with Crippen LogP contribution in [-0.4, -0.2) is 41.2 Å². The molecule has 0 aliphatic rings. The van der Waals surface area contributed by atoms with Crippen molar-refractivity contribution in [3.05, 3.63) is 54.4 Å². The fraction of sp³-hybridized carbons (Fsp3) is 0.312. The largest absolute Gasteiger partial charge is 0.481 e. The van der Waals surface area contributed by atoms with Crippen molar-refractivity contribution in [2.45, 2.75) is 12.3 Å². The Morgan fingerprint density at radius 3 is 2.30 bits per heavy atom. The molecule has 0 fully saturated rings. The summed E-state index contributed by atoms with van der Waals surface area (Å²) in [6.45, 7) is 0.760. The van der Waals surface area contributed by atoms with Crippen LogP contribution in [0.5, 0.6) is 0 Å². The Morgan fingerprint density at radius 1 is 1.20 bits per heavy atom. The molecule has 2 aromatic rings. The van der Waals surface area contributed by atoms with Gasteiger partial charge in [0.25, 0.3) is 0 Å². The number of aliphatic carboxylic acids is 1. The van der Waals surface area contributed by atoms with Crippen molar-refractivity contribution < 1.29 is 9.90 Å². The lowest BCUT2D eigenvalue weighted by atomic mass is 9.95. The van der Waals surface area contributed by atoms with E-state index in [1.165, 1.54) is 0 Å². The Labute approximate surface area is 119 Å². The van der Waals surface area contributed by atoms with Crippen molar-refractivity contribution in [3.8, 4) is 5.69 Å². The minimum absolute atomic E-state index is 0.448. The first-order chi connectivity index (χ1) is 9.58. The highest BCUT2D eigenvalue weighted by Crippen LogP contribution is 2.22. The van der Waals surface area contributed by atoms with Crippen LogP contribution in [0.4, 0.5) is 0 Å². The highest BCUT2D eigenvalue weighted by atomic mass is 16.4. The molecule has 0 bridgehead atoms. The van der Waals surface area contributed by atoms with Gasteiger partial charge in [-0.15, -0.1) is 0 Å². The number of benzene rings is 1. The summed E-state index contributed by atoms with van der Waals surface area (Å²) in [5.74, 6) is -1.21. The van der Waals surface area contributed by atoms with Crippen molar-refractivity contribution in [2.24, 2.45) is 0 Å². The first-order valence-electron chi connectivity index (χ1n) is 6.69. The third-order valence-electron chi connectivity index (χ3n) is 3.36. The zero-order valence-corrected chi connectivity index (χ0v) is 11.9. The number of aromatic nitrogens is 1. The van der Waals surface area contributed by atoms with Gasteiger partial charge in [-0.3, -0.25) is 4.79 Å². The Morgan fingerprint density at radius 2 is 1.80 bits per heavy atom. The number of carboxylic acids is 1. The van der Waals surface area contributed by atoms with Crippen molar-refractivity contribution in [1.29, 1.82) is 0 Å². The Balaban J connectivity index is 2.15. The quantitative estimate of drug-likeness (QED) is 0.879. The maximum Gasteiger partial charge on any atom is 0.311 e. The summed E-state index contributed by atoms with van der Waals surface area (Å²) in [4.78, 5) is 13.4. The number of carbonyl (C=O) groups is 1. The van der Waals surface area contributed by atoms with E-state index in [-0.39, 0.29) is 0 Å². The molecule has 0 radical (unpaired) electrons. The molecule has 106 valence electrons. The highest BCUT2D eigenvalue weighted by molar-refractivity contribution is 5.76. The van der Waals surface area contributed by atoms with Gasteiger partial charge in [0.2, 0.25) is 0 Å². The number of nitrogens with zero attached hydrogens (tertiary/aromatic N) is 2. The van der Waals surface area contributed by atoms with E-state index in [0.29, 0.717) is 6.42 Å². The van der Waals surface area contributed by atoms with Crippen LogP contribution in [0.15, 0.2) is 48.8 Å². The van der Waals surface area contributed by atoms with Gasteiger partial charge < -0.3 is 14.6 Å². The van der Waals surface area contributed by atoms with E-state index in [1.54, 1.807) is 0 Å². The average molecular weight is 272 g/mol. The van der Waals surface area contributed by atoms with Crippen LogP contribution in [-0.2, 0) is 4.79 Å². The van der Waals surface area contributed by atoms with Crippen LogP contribution in [0.2, 0.25) is 0 Å². The zero-order chi connectivity index (χ0) is 14.5. The van der Waals surface area contributed by atoms with E-state index in [2.05, 4.69) is 0 Å². The second-order valence-electron chi connectivity index (χ2n) is 5.16. The monoisotopic (exact) mass is 272 g/mol. The van der Waals surface area contributed by atoms with Gasteiger partial charge in [-0.2, -0.15) is 0 Å². The maximum absolute atomic E-state index is 11.4. The van der Waals surface area contributed by atoms with E-state index >= 15 is 0 Å². The Bertz CT molecular complexity index is 544. The van der Waals surface area contributed by atoms with Gasteiger partial charge >= 0.3 is 5.97 Å². The molecule has 0 amide bonds. The lowest BCUT2D eigenvalue weighted by Crippen LogP contribution is -2.20. The summed E-state index contributed by atoms with van der Waals surface area (Å²) in [7, 11) is 3.90. The van der Waals surface area contributed by atoms with Gasteiger partial charge in [0.05, 0.1) is 5.92 Å². The molecule has 0 saturated heterocycles. The van der Waals surface area contributed by atoms with Crippen molar-refractivity contribution in [2.75, 3.05) is 20.6 Å². The fourth-order valence-electron chi connectivity index (χ4n) is 2.21. The molecule has 1 aromatic carbocycles. The molecule has 0 aliphatic heterocycles. The molecule has 4 nitrogen and oxygen atoms in total. The van der Waals surface area contributed by atoms with Crippen molar-refractivity contribution >= 4 is 5.97 Å². The third kappa shape index (κ3) is 3.48. The predicted molar refractivity (Wildman–Crippen MR) is 79.3 cm³/mol. The number of carboxylic acid groups (broad SMARTS) is 1. The second-order valence-corrected chi connectivity index (χ2v) is 5.16. The minimum Gasteiger partial charge on any atom is -0.481 e. The van der Waals surface area contributed by atoms with Gasteiger partial charge in [-0.05, 0) is 56.9 Å². The molecule has 4 heteroatoms. The Hall–Kier alpha value is -2.07. The molecule has 0 aliphatic carbocycles. The van der Waals surface area contributed by atoms with Gasteiger partial charge in [0.15, 0.2) is 0 Å². The predicted octanol–water partition coefficient (Wildman–Crippen LogP) is 2.60. The molecule has 1 aromatic heterocycles. The van der Waals surface area contributed by atoms with Gasteiger partial charge in [0, 0.05) is 18.1 Å². The van der Waals surface area contributed by atoms with Crippen LogP contribution in [0, 0.1) is 0 Å². The van der Waals surface area contributed by atoms with Crippen LogP contribution in [0.3, 0.4) is 0 Å². The fourth-order valence-corrected chi connectivity index (χ4v) is 2.21. The molecule has 1 atom stereocenters. The average Bonchev–Trinajstić information content (AvgIpc) is 2.93. The van der Waals surface area contributed by atoms with E-state index < -0.39 is 11.9 Å². The van der Waals surface area contributed by atoms with Gasteiger partial charge in [-0.1, -0.05) is 12.1 Å². The van der Waals surface area contributed by atoms with E-state index in [0.717, 1.165) is 17.8 Å². The molecule has 1 heterocycles.